The van der Waals surface area contributed by atoms with Gasteiger partial charge in [-0.3, -0.25) is 14.5 Å². The molecule has 5 nitrogen and oxygen atoms in total. The van der Waals surface area contributed by atoms with E-state index in [1.54, 1.807) is 23.5 Å². The maximum absolute atomic E-state index is 12.8. The van der Waals surface area contributed by atoms with E-state index in [1.165, 1.54) is 4.90 Å². The number of β-lactam (4-membered cyclic amide) rings is 1. The first-order valence-electron chi connectivity index (χ1n) is 9.68. The molecule has 1 saturated heterocycles. The first-order chi connectivity index (χ1) is 14.5. The van der Waals surface area contributed by atoms with E-state index in [2.05, 4.69) is 0 Å². The highest BCUT2D eigenvalue weighted by molar-refractivity contribution is 8.01. The zero-order valence-electron chi connectivity index (χ0n) is 16.2. The van der Waals surface area contributed by atoms with Crippen molar-refractivity contribution in [2.75, 3.05) is 11.5 Å². The van der Waals surface area contributed by atoms with Gasteiger partial charge in [0.1, 0.15) is 11.5 Å². The highest BCUT2D eigenvalue weighted by atomic mass is 32.2. The number of nitrogens with zero attached hydrogens (tertiary/aromatic N) is 1. The number of aliphatic carboxylic acids is 1. The molecule has 0 spiro atoms. The minimum atomic E-state index is -1.08. The van der Waals surface area contributed by atoms with Gasteiger partial charge in [-0.05, 0) is 23.3 Å². The third-order valence-electron chi connectivity index (χ3n) is 5.21. The van der Waals surface area contributed by atoms with E-state index >= 15 is 0 Å². The van der Waals surface area contributed by atoms with Gasteiger partial charge in [0.05, 0.1) is 11.3 Å². The molecule has 1 N–H and O–H groups in total. The SMILES string of the molecule is O=C(Cc1ccccc1)C[C@@H]1C(=O)N2C(C(=O)O)=C(CSc3ccccc3)CSC12. The number of carbonyl (C=O) groups is 3. The van der Waals surface area contributed by atoms with Crippen LogP contribution in [0.25, 0.3) is 0 Å². The zero-order valence-corrected chi connectivity index (χ0v) is 17.8. The lowest BCUT2D eigenvalue weighted by Crippen LogP contribution is -2.62. The first kappa shape index (κ1) is 20.8. The number of Topliss-reactive ketones (excluding diaryl/α,β-unsaturated/α-hetero) is 1. The normalized spacial score (nSPS) is 20.5. The standard InChI is InChI=1S/C23H21NO4S2/c25-17(11-15-7-3-1-4-8-15)12-19-21(26)24-20(23(27)28)16(14-30-22(19)24)13-29-18-9-5-2-6-10-18/h1-10,19,22H,11-14H2,(H,27,28)/t19-,22?/m1/s1. The van der Waals surface area contributed by atoms with Gasteiger partial charge in [0.15, 0.2) is 0 Å². The number of carboxylic acids is 1. The third kappa shape index (κ3) is 4.32. The lowest BCUT2D eigenvalue weighted by Gasteiger charge is -2.49. The van der Waals surface area contributed by atoms with Gasteiger partial charge in [-0.1, -0.05) is 48.5 Å². The summed E-state index contributed by atoms with van der Waals surface area (Å²) in [5.41, 5.74) is 1.77. The van der Waals surface area contributed by atoms with E-state index in [4.69, 9.17) is 0 Å². The van der Waals surface area contributed by atoms with E-state index in [9.17, 15) is 19.5 Å². The van der Waals surface area contributed by atoms with Crippen LogP contribution in [0, 0.1) is 5.92 Å². The topological polar surface area (TPSA) is 74.7 Å². The molecule has 0 aliphatic carbocycles. The van der Waals surface area contributed by atoms with Crippen LogP contribution < -0.4 is 0 Å². The third-order valence-corrected chi connectivity index (χ3v) is 7.70. The van der Waals surface area contributed by atoms with Crippen molar-refractivity contribution in [3.8, 4) is 0 Å². The molecule has 1 fully saturated rings. The summed E-state index contributed by atoms with van der Waals surface area (Å²) in [5.74, 6) is -0.693. The van der Waals surface area contributed by atoms with Gasteiger partial charge in [0.25, 0.3) is 0 Å². The van der Waals surface area contributed by atoms with Crippen molar-refractivity contribution in [2.45, 2.75) is 23.1 Å². The van der Waals surface area contributed by atoms with Gasteiger partial charge in [-0.25, -0.2) is 4.79 Å². The Morgan fingerprint density at radius 2 is 1.73 bits per heavy atom. The van der Waals surface area contributed by atoms with Crippen LogP contribution in [-0.2, 0) is 20.8 Å². The molecular formula is C23H21NO4S2. The van der Waals surface area contributed by atoms with E-state index in [0.717, 1.165) is 16.0 Å². The Balaban J connectivity index is 1.43. The molecule has 1 unspecified atom stereocenters. The lowest BCUT2D eigenvalue weighted by atomic mass is 9.89. The highest BCUT2D eigenvalue weighted by Gasteiger charge is 2.53. The van der Waals surface area contributed by atoms with Crippen LogP contribution in [0.4, 0.5) is 0 Å². The van der Waals surface area contributed by atoms with Crippen molar-refractivity contribution >= 4 is 41.2 Å². The Labute approximate surface area is 183 Å². The predicted molar refractivity (Wildman–Crippen MR) is 118 cm³/mol. The second kappa shape index (κ2) is 9.10. The summed E-state index contributed by atoms with van der Waals surface area (Å²) >= 11 is 3.12. The van der Waals surface area contributed by atoms with Crippen LogP contribution in [-0.4, -0.2) is 44.5 Å². The number of thioether (sulfide) groups is 2. The fourth-order valence-corrected chi connectivity index (χ4v) is 6.23. The number of carbonyl (C=O) groups excluding carboxylic acids is 2. The smallest absolute Gasteiger partial charge is 0.352 e. The summed E-state index contributed by atoms with van der Waals surface area (Å²) in [6.45, 7) is 0. The summed E-state index contributed by atoms with van der Waals surface area (Å²) in [5, 5.41) is 9.50. The highest BCUT2D eigenvalue weighted by Crippen LogP contribution is 2.46. The van der Waals surface area contributed by atoms with E-state index in [-0.39, 0.29) is 29.2 Å². The van der Waals surface area contributed by atoms with E-state index < -0.39 is 11.9 Å². The molecule has 0 radical (unpaired) electrons. The molecule has 0 aromatic heterocycles. The number of ketones is 1. The maximum atomic E-state index is 12.8. The summed E-state index contributed by atoms with van der Waals surface area (Å²) in [6.07, 6.45) is 0.450. The molecule has 154 valence electrons. The Bertz CT molecular complexity index is 991. The molecule has 2 aliphatic rings. The van der Waals surface area contributed by atoms with Crippen LogP contribution >= 0.6 is 23.5 Å². The Morgan fingerprint density at radius 1 is 1.07 bits per heavy atom. The van der Waals surface area contributed by atoms with Crippen LogP contribution in [0.3, 0.4) is 0 Å². The van der Waals surface area contributed by atoms with Gasteiger partial charge in [0.2, 0.25) is 5.91 Å². The predicted octanol–water partition coefficient (Wildman–Crippen LogP) is 3.85. The van der Waals surface area contributed by atoms with Crippen LogP contribution in [0.2, 0.25) is 0 Å². The summed E-state index contributed by atoms with van der Waals surface area (Å²) in [4.78, 5) is 39.6. The van der Waals surface area contributed by atoms with Gasteiger partial charge in [0, 0.05) is 29.2 Å². The quantitative estimate of drug-likeness (QED) is 0.497. The molecule has 7 heteroatoms. The zero-order chi connectivity index (χ0) is 21.1. The fraction of sp³-hybridized carbons (Fsp3) is 0.261. The molecule has 0 saturated carbocycles. The number of fused-ring (bicyclic) bond motifs is 1. The molecular weight excluding hydrogens is 418 g/mol. The number of benzene rings is 2. The molecule has 4 rings (SSSR count). The Morgan fingerprint density at radius 3 is 2.40 bits per heavy atom. The summed E-state index contributed by atoms with van der Waals surface area (Å²) < 4.78 is 0. The van der Waals surface area contributed by atoms with Crippen LogP contribution in [0.15, 0.2) is 76.8 Å². The first-order valence-corrected chi connectivity index (χ1v) is 11.7. The molecule has 2 aromatic carbocycles. The monoisotopic (exact) mass is 439 g/mol. The largest absolute Gasteiger partial charge is 0.477 e. The average molecular weight is 440 g/mol. The van der Waals surface area contributed by atoms with Crippen molar-refractivity contribution in [1.82, 2.24) is 4.90 Å². The number of carboxylic acid groups (broad SMARTS) is 1. The number of hydrogen-bond acceptors (Lipinski definition) is 5. The van der Waals surface area contributed by atoms with Gasteiger partial charge < -0.3 is 5.11 Å². The number of rotatable bonds is 8. The van der Waals surface area contributed by atoms with Gasteiger partial charge in [-0.2, -0.15) is 0 Å². The van der Waals surface area contributed by atoms with Crippen molar-refractivity contribution in [2.24, 2.45) is 5.92 Å². The van der Waals surface area contributed by atoms with Gasteiger partial charge >= 0.3 is 5.97 Å². The molecule has 0 bridgehead atoms. The van der Waals surface area contributed by atoms with Crippen molar-refractivity contribution < 1.29 is 19.5 Å². The van der Waals surface area contributed by atoms with Crippen molar-refractivity contribution in [1.29, 1.82) is 0 Å². The van der Waals surface area contributed by atoms with Crippen LogP contribution in [0.1, 0.15) is 12.0 Å². The number of amides is 1. The Kier molecular flexibility index (Phi) is 6.29. The van der Waals surface area contributed by atoms with Gasteiger partial charge in [-0.15, -0.1) is 23.5 Å². The molecule has 1 amide bonds. The van der Waals surface area contributed by atoms with Crippen LogP contribution in [0.5, 0.6) is 0 Å². The summed E-state index contributed by atoms with van der Waals surface area (Å²) in [7, 11) is 0. The summed E-state index contributed by atoms with van der Waals surface area (Å²) in [6, 6.07) is 19.2. The van der Waals surface area contributed by atoms with E-state index in [1.807, 2.05) is 60.7 Å². The molecule has 2 atom stereocenters. The second-order valence-corrected chi connectivity index (χ2v) is 9.43. The minimum Gasteiger partial charge on any atom is -0.477 e. The minimum absolute atomic E-state index is 0.00563. The fourth-order valence-electron chi connectivity index (χ4n) is 3.76. The van der Waals surface area contributed by atoms with Crippen molar-refractivity contribution in [3.63, 3.8) is 0 Å². The second-order valence-electron chi connectivity index (χ2n) is 7.28. The average Bonchev–Trinajstić information content (AvgIpc) is 2.76. The molecule has 2 aromatic rings. The maximum Gasteiger partial charge on any atom is 0.352 e. The molecule has 2 heterocycles. The lowest BCUT2D eigenvalue weighted by molar-refractivity contribution is -0.153. The van der Waals surface area contributed by atoms with E-state index in [0.29, 0.717) is 17.9 Å². The molecule has 30 heavy (non-hydrogen) atoms. The number of hydrogen-bond donors (Lipinski definition) is 1. The molecule has 2 aliphatic heterocycles. The van der Waals surface area contributed by atoms with Crippen molar-refractivity contribution in [3.05, 3.63) is 77.5 Å². The Hall–Kier alpha value is -2.51.